The van der Waals surface area contributed by atoms with Crippen LogP contribution in [0.1, 0.15) is 37.6 Å². The van der Waals surface area contributed by atoms with E-state index in [-0.39, 0.29) is 5.91 Å². The highest BCUT2D eigenvalue weighted by atomic mass is 16.5. The molecule has 1 rings (SSSR count). The van der Waals surface area contributed by atoms with Gasteiger partial charge in [0.15, 0.2) is 0 Å². The molecule has 0 aliphatic rings. The molecular formula is C13H21NO2. The van der Waals surface area contributed by atoms with Gasteiger partial charge in [0, 0.05) is 12.1 Å². The number of carbonyl (C=O) groups is 1. The maximum absolute atomic E-state index is 11.3. The molecule has 0 saturated heterocycles. The fraction of sp³-hybridized carbons (Fsp3) is 0.462. The molecule has 0 atom stereocenters. The lowest BCUT2D eigenvalue weighted by molar-refractivity contribution is 0.0956. The van der Waals surface area contributed by atoms with Crippen LogP contribution >= 0.6 is 0 Å². The van der Waals surface area contributed by atoms with Crippen molar-refractivity contribution in [2.75, 3.05) is 13.7 Å². The van der Waals surface area contributed by atoms with Gasteiger partial charge in [0.05, 0.1) is 7.11 Å². The number of amides is 1. The minimum atomic E-state index is -0.0508. The number of ether oxygens (including phenoxy) is 1. The van der Waals surface area contributed by atoms with Crippen molar-refractivity contribution >= 4 is 5.91 Å². The second kappa shape index (κ2) is 8.77. The predicted molar refractivity (Wildman–Crippen MR) is 67.0 cm³/mol. The van der Waals surface area contributed by atoms with E-state index in [1.165, 1.54) is 6.42 Å². The summed E-state index contributed by atoms with van der Waals surface area (Å²) in [6, 6.07) is 7.02. The Kier molecular flexibility index (Phi) is 7.94. The van der Waals surface area contributed by atoms with Gasteiger partial charge in [-0.3, -0.25) is 4.79 Å². The number of benzene rings is 1. The van der Waals surface area contributed by atoms with Crippen molar-refractivity contribution in [2.24, 2.45) is 0 Å². The van der Waals surface area contributed by atoms with Gasteiger partial charge >= 0.3 is 0 Å². The van der Waals surface area contributed by atoms with Crippen LogP contribution in [-0.2, 0) is 0 Å². The fourth-order valence-electron chi connectivity index (χ4n) is 1.01. The van der Waals surface area contributed by atoms with E-state index in [2.05, 4.69) is 19.2 Å². The van der Waals surface area contributed by atoms with Crippen LogP contribution in [0.4, 0.5) is 0 Å². The number of methoxy groups -OCH3 is 1. The zero-order valence-electron chi connectivity index (χ0n) is 10.5. The Hall–Kier alpha value is -1.51. The smallest absolute Gasteiger partial charge is 0.251 e. The highest BCUT2D eigenvalue weighted by molar-refractivity contribution is 5.94. The van der Waals surface area contributed by atoms with E-state index in [4.69, 9.17) is 4.74 Å². The van der Waals surface area contributed by atoms with Crippen LogP contribution < -0.4 is 10.1 Å². The highest BCUT2D eigenvalue weighted by Crippen LogP contribution is 2.10. The zero-order chi connectivity index (χ0) is 12.4. The second-order valence-electron chi connectivity index (χ2n) is 3.30. The summed E-state index contributed by atoms with van der Waals surface area (Å²) in [6.45, 7) is 6.78. The second-order valence-corrected chi connectivity index (χ2v) is 3.30. The molecule has 0 aromatic heterocycles. The number of rotatable bonds is 3. The first-order valence-corrected chi connectivity index (χ1v) is 5.61. The summed E-state index contributed by atoms with van der Waals surface area (Å²) in [5.74, 6) is 0.707. The molecule has 0 heterocycles. The minimum absolute atomic E-state index is 0.0508. The Morgan fingerprint density at radius 3 is 2.06 bits per heavy atom. The van der Waals surface area contributed by atoms with Crippen LogP contribution in [0, 0.1) is 0 Å². The Balaban J connectivity index is 0.000000673. The van der Waals surface area contributed by atoms with Gasteiger partial charge in [-0.15, -0.1) is 0 Å². The van der Waals surface area contributed by atoms with Gasteiger partial charge in [-0.05, 0) is 31.2 Å². The summed E-state index contributed by atoms with van der Waals surface area (Å²) in [5.41, 5.74) is 0.655. The maximum atomic E-state index is 11.3. The molecule has 0 aliphatic heterocycles. The van der Waals surface area contributed by atoms with Crippen molar-refractivity contribution < 1.29 is 9.53 Å². The van der Waals surface area contributed by atoms with E-state index in [1.54, 1.807) is 31.4 Å². The normalized spacial score (nSPS) is 8.75. The minimum Gasteiger partial charge on any atom is -0.497 e. The number of nitrogens with one attached hydrogen (secondary N) is 1. The lowest BCUT2D eigenvalue weighted by Gasteiger charge is -2.03. The summed E-state index contributed by atoms with van der Waals surface area (Å²) in [5, 5.41) is 2.72. The lowest BCUT2D eigenvalue weighted by Crippen LogP contribution is -2.22. The van der Waals surface area contributed by atoms with E-state index in [0.717, 1.165) is 5.75 Å². The molecule has 1 N–H and O–H groups in total. The third-order valence-corrected chi connectivity index (χ3v) is 1.69. The van der Waals surface area contributed by atoms with Crippen LogP contribution in [0.15, 0.2) is 24.3 Å². The van der Waals surface area contributed by atoms with E-state index >= 15 is 0 Å². The number of carbonyl (C=O) groups excluding carboxylic acids is 1. The molecule has 0 radical (unpaired) electrons. The monoisotopic (exact) mass is 223 g/mol. The molecule has 3 heteroatoms. The molecule has 16 heavy (non-hydrogen) atoms. The Labute approximate surface area is 97.8 Å². The van der Waals surface area contributed by atoms with Crippen LogP contribution in [0.5, 0.6) is 5.75 Å². The van der Waals surface area contributed by atoms with Crippen molar-refractivity contribution in [1.82, 2.24) is 5.32 Å². The summed E-state index contributed by atoms with van der Waals surface area (Å²) >= 11 is 0. The first kappa shape index (κ1) is 14.5. The van der Waals surface area contributed by atoms with Crippen LogP contribution in [0.25, 0.3) is 0 Å². The Bertz CT molecular complexity index is 293. The highest BCUT2D eigenvalue weighted by Gasteiger charge is 2.02. The standard InChI is InChI=1S/C10H13NO2.C3H8/c1-3-11-10(12)8-4-6-9(13-2)7-5-8;1-3-2/h4-7H,3H2,1-2H3,(H,11,12);3H2,1-2H3. The van der Waals surface area contributed by atoms with E-state index in [9.17, 15) is 4.79 Å². The van der Waals surface area contributed by atoms with Crippen molar-refractivity contribution in [3.05, 3.63) is 29.8 Å². The SMILES string of the molecule is CCC.CCNC(=O)c1ccc(OC)cc1. The number of hydrogen-bond acceptors (Lipinski definition) is 2. The molecule has 90 valence electrons. The molecular weight excluding hydrogens is 202 g/mol. The molecule has 1 amide bonds. The largest absolute Gasteiger partial charge is 0.497 e. The predicted octanol–water partition coefficient (Wildman–Crippen LogP) is 2.86. The van der Waals surface area contributed by atoms with Crippen LogP contribution in [0.3, 0.4) is 0 Å². The third kappa shape index (κ3) is 5.39. The van der Waals surface area contributed by atoms with E-state index < -0.39 is 0 Å². The molecule has 0 bridgehead atoms. The molecule has 0 saturated carbocycles. The van der Waals surface area contributed by atoms with E-state index in [1.807, 2.05) is 6.92 Å². The van der Waals surface area contributed by atoms with Gasteiger partial charge in [-0.1, -0.05) is 20.3 Å². The van der Waals surface area contributed by atoms with Gasteiger partial charge in [0.1, 0.15) is 5.75 Å². The summed E-state index contributed by atoms with van der Waals surface area (Å²) in [4.78, 5) is 11.3. The van der Waals surface area contributed by atoms with Crippen molar-refractivity contribution in [3.63, 3.8) is 0 Å². The van der Waals surface area contributed by atoms with Crippen molar-refractivity contribution in [2.45, 2.75) is 27.2 Å². The Morgan fingerprint density at radius 2 is 1.69 bits per heavy atom. The van der Waals surface area contributed by atoms with Crippen LogP contribution in [-0.4, -0.2) is 19.6 Å². The first-order chi connectivity index (χ1) is 7.69. The van der Waals surface area contributed by atoms with Gasteiger partial charge in [0.2, 0.25) is 0 Å². The average Bonchev–Trinajstić information content (AvgIpc) is 2.30. The Morgan fingerprint density at radius 1 is 1.19 bits per heavy atom. The summed E-state index contributed by atoms with van der Waals surface area (Å²) in [7, 11) is 1.60. The quantitative estimate of drug-likeness (QED) is 0.855. The zero-order valence-corrected chi connectivity index (χ0v) is 10.5. The van der Waals surface area contributed by atoms with Gasteiger partial charge in [0.25, 0.3) is 5.91 Å². The molecule has 0 aliphatic carbocycles. The first-order valence-electron chi connectivity index (χ1n) is 5.61. The summed E-state index contributed by atoms with van der Waals surface area (Å²) in [6.07, 6.45) is 1.25. The summed E-state index contributed by atoms with van der Waals surface area (Å²) < 4.78 is 4.98. The van der Waals surface area contributed by atoms with Gasteiger partial charge in [-0.2, -0.15) is 0 Å². The van der Waals surface area contributed by atoms with Crippen LogP contribution in [0.2, 0.25) is 0 Å². The van der Waals surface area contributed by atoms with E-state index in [0.29, 0.717) is 12.1 Å². The molecule has 3 nitrogen and oxygen atoms in total. The van der Waals surface area contributed by atoms with Crippen molar-refractivity contribution in [3.8, 4) is 5.75 Å². The van der Waals surface area contributed by atoms with Crippen molar-refractivity contribution in [1.29, 1.82) is 0 Å². The maximum Gasteiger partial charge on any atom is 0.251 e. The molecule has 0 spiro atoms. The number of hydrogen-bond donors (Lipinski definition) is 1. The average molecular weight is 223 g/mol. The molecule has 1 aromatic carbocycles. The van der Waals surface area contributed by atoms with Gasteiger partial charge < -0.3 is 10.1 Å². The lowest BCUT2D eigenvalue weighted by atomic mass is 10.2. The molecule has 0 unspecified atom stereocenters. The molecule has 0 fully saturated rings. The van der Waals surface area contributed by atoms with Gasteiger partial charge in [-0.25, -0.2) is 0 Å². The fourth-order valence-corrected chi connectivity index (χ4v) is 1.01. The third-order valence-electron chi connectivity index (χ3n) is 1.69. The molecule has 1 aromatic rings. The topological polar surface area (TPSA) is 38.3 Å².